The number of carbonyl (C=O) groups excluding carboxylic acids is 2. The Hall–Kier alpha value is -3.42. The number of nitrogens with one attached hydrogen (secondary N) is 3. The van der Waals surface area contributed by atoms with Crippen molar-refractivity contribution < 1.29 is 9.59 Å². The molecule has 0 bridgehead atoms. The fourth-order valence-corrected chi connectivity index (χ4v) is 3.00. The second-order valence-corrected chi connectivity index (χ2v) is 6.96. The molecule has 0 aliphatic rings. The van der Waals surface area contributed by atoms with Gasteiger partial charge in [0.1, 0.15) is 5.69 Å². The Morgan fingerprint density at radius 2 is 1.79 bits per heavy atom. The molecule has 2 heterocycles. The summed E-state index contributed by atoms with van der Waals surface area (Å²) < 4.78 is 1.45. The highest BCUT2D eigenvalue weighted by molar-refractivity contribution is 5.95. The Morgan fingerprint density at radius 3 is 2.48 bits per heavy atom. The van der Waals surface area contributed by atoms with Crippen molar-refractivity contribution in [2.75, 3.05) is 18.4 Å². The molecule has 0 saturated carbocycles. The Bertz CT molecular complexity index is 1040. The smallest absolute Gasteiger partial charge is 0.321 e. The molecule has 152 valence electrons. The van der Waals surface area contributed by atoms with Gasteiger partial charge in [-0.25, -0.2) is 9.31 Å². The number of hydrogen-bond acceptors (Lipinski definition) is 4. The second-order valence-electron chi connectivity index (χ2n) is 6.96. The molecule has 2 aromatic heterocycles. The number of aromatic nitrogens is 3. The number of hydrogen-bond donors (Lipinski definition) is 3. The number of carbonyl (C=O) groups is 2. The molecule has 1 aromatic carbocycles. The number of fused-ring (bicyclic) bond motifs is 1. The number of urea groups is 1. The van der Waals surface area contributed by atoms with E-state index in [0.717, 1.165) is 11.1 Å². The summed E-state index contributed by atoms with van der Waals surface area (Å²) in [6, 6.07) is 11.5. The first-order valence-corrected chi connectivity index (χ1v) is 9.77. The van der Waals surface area contributed by atoms with E-state index in [1.54, 1.807) is 6.07 Å². The molecule has 0 atom stereocenters. The van der Waals surface area contributed by atoms with Gasteiger partial charge in [0.05, 0.1) is 0 Å². The van der Waals surface area contributed by atoms with Crippen LogP contribution in [0.1, 0.15) is 49.7 Å². The van der Waals surface area contributed by atoms with E-state index in [1.807, 2.05) is 32.0 Å². The van der Waals surface area contributed by atoms with Crippen LogP contribution in [0.25, 0.3) is 16.8 Å². The third-order valence-electron chi connectivity index (χ3n) is 4.46. The lowest BCUT2D eigenvalue weighted by molar-refractivity contribution is 0.0948. The molecule has 0 fully saturated rings. The van der Waals surface area contributed by atoms with Crippen molar-refractivity contribution in [2.24, 2.45) is 0 Å². The molecule has 0 aliphatic carbocycles. The predicted molar refractivity (Wildman–Crippen MR) is 113 cm³/mol. The fourth-order valence-electron chi connectivity index (χ4n) is 3.00. The van der Waals surface area contributed by atoms with Crippen molar-refractivity contribution in [2.45, 2.75) is 33.6 Å². The van der Waals surface area contributed by atoms with Crippen LogP contribution in [0.5, 0.6) is 0 Å². The number of nitrogens with zero attached hydrogens (tertiary/aromatic N) is 3. The van der Waals surface area contributed by atoms with E-state index in [1.165, 1.54) is 10.1 Å². The molecular formula is C21H26N6O2. The maximum Gasteiger partial charge on any atom is 0.321 e. The first-order chi connectivity index (χ1) is 13.9. The van der Waals surface area contributed by atoms with Gasteiger partial charge >= 0.3 is 6.03 Å². The minimum Gasteiger partial charge on any atom is -0.351 e. The monoisotopic (exact) mass is 394 g/mol. The summed E-state index contributed by atoms with van der Waals surface area (Å²) in [5.74, 6) is 0.269. The molecule has 3 amide bonds. The zero-order chi connectivity index (χ0) is 21.0. The van der Waals surface area contributed by atoms with Gasteiger partial charge in [-0.05, 0) is 48.6 Å². The molecule has 29 heavy (non-hydrogen) atoms. The van der Waals surface area contributed by atoms with Crippen LogP contribution in [0.3, 0.4) is 0 Å². The quantitative estimate of drug-likeness (QED) is 0.596. The van der Waals surface area contributed by atoms with Crippen LogP contribution in [0.2, 0.25) is 0 Å². The summed E-state index contributed by atoms with van der Waals surface area (Å²) in [4.78, 5) is 28.8. The van der Waals surface area contributed by atoms with Crippen LogP contribution in [0.15, 0.2) is 36.4 Å². The van der Waals surface area contributed by atoms with E-state index in [2.05, 4.69) is 52.0 Å². The first kappa shape index (κ1) is 20.3. The van der Waals surface area contributed by atoms with Gasteiger partial charge < -0.3 is 10.6 Å². The number of anilines is 1. The Balaban J connectivity index is 2.11. The lowest BCUT2D eigenvalue weighted by atomic mass is 9.97. The molecule has 8 nitrogen and oxygen atoms in total. The molecule has 0 radical (unpaired) electrons. The van der Waals surface area contributed by atoms with Crippen LogP contribution in [-0.4, -0.2) is 39.6 Å². The number of amides is 3. The van der Waals surface area contributed by atoms with Gasteiger partial charge in [0, 0.05) is 13.1 Å². The average molecular weight is 394 g/mol. The van der Waals surface area contributed by atoms with E-state index >= 15 is 0 Å². The van der Waals surface area contributed by atoms with Gasteiger partial charge in [-0.1, -0.05) is 38.1 Å². The second kappa shape index (κ2) is 8.72. The Morgan fingerprint density at radius 1 is 1.03 bits per heavy atom. The van der Waals surface area contributed by atoms with Crippen LogP contribution >= 0.6 is 0 Å². The number of pyridine rings is 1. The molecule has 0 aliphatic heterocycles. The summed E-state index contributed by atoms with van der Waals surface area (Å²) in [5.41, 5.74) is 3.89. The first-order valence-electron chi connectivity index (χ1n) is 9.77. The van der Waals surface area contributed by atoms with Gasteiger partial charge in [0.25, 0.3) is 11.9 Å². The zero-order valence-electron chi connectivity index (χ0n) is 17.1. The van der Waals surface area contributed by atoms with Gasteiger partial charge in [0.15, 0.2) is 5.65 Å². The molecular weight excluding hydrogens is 368 g/mol. The maximum atomic E-state index is 12.7. The largest absolute Gasteiger partial charge is 0.351 e. The molecule has 0 saturated heterocycles. The minimum absolute atomic E-state index is 0.134. The van der Waals surface area contributed by atoms with Crippen molar-refractivity contribution in [3.8, 4) is 11.1 Å². The summed E-state index contributed by atoms with van der Waals surface area (Å²) in [6.45, 7) is 8.93. The molecule has 0 unspecified atom stereocenters. The topological polar surface area (TPSA) is 100 Å². The van der Waals surface area contributed by atoms with Crippen molar-refractivity contribution >= 4 is 23.5 Å². The van der Waals surface area contributed by atoms with E-state index in [-0.39, 0.29) is 11.9 Å². The molecule has 0 spiro atoms. The van der Waals surface area contributed by atoms with Crippen LogP contribution in [0.4, 0.5) is 10.7 Å². The third kappa shape index (κ3) is 4.53. The highest BCUT2D eigenvalue weighted by atomic mass is 16.2. The molecule has 3 N–H and O–H groups in total. The zero-order valence-corrected chi connectivity index (χ0v) is 17.1. The third-order valence-corrected chi connectivity index (χ3v) is 4.46. The minimum atomic E-state index is -0.396. The van der Waals surface area contributed by atoms with Gasteiger partial charge in [-0.15, -0.1) is 5.10 Å². The van der Waals surface area contributed by atoms with Crippen molar-refractivity contribution in [3.63, 3.8) is 0 Å². The summed E-state index contributed by atoms with van der Waals surface area (Å²) in [7, 11) is 0. The van der Waals surface area contributed by atoms with Crippen LogP contribution < -0.4 is 16.0 Å². The maximum absolute atomic E-state index is 12.7. The molecule has 8 heteroatoms. The van der Waals surface area contributed by atoms with E-state index < -0.39 is 6.03 Å². The summed E-state index contributed by atoms with van der Waals surface area (Å²) in [6.07, 6.45) is 0. The van der Waals surface area contributed by atoms with E-state index in [4.69, 9.17) is 0 Å². The number of benzene rings is 1. The lowest BCUT2D eigenvalue weighted by Gasteiger charge is -2.11. The lowest BCUT2D eigenvalue weighted by Crippen LogP contribution is -2.28. The normalized spacial score (nSPS) is 10.9. The average Bonchev–Trinajstić information content (AvgIpc) is 3.09. The predicted octanol–water partition coefficient (Wildman–Crippen LogP) is 3.41. The number of rotatable bonds is 6. The SMILES string of the molecule is CCNC(=O)Nc1nc2cc(-c3cccc(C(C)C)c3)cc(C(=O)NCC)n2n1. The Kier molecular flexibility index (Phi) is 6.11. The van der Waals surface area contributed by atoms with Crippen LogP contribution in [0, 0.1) is 0 Å². The fraction of sp³-hybridized carbons (Fsp3) is 0.333. The molecule has 3 aromatic rings. The van der Waals surface area contributed by atoms with Crippen molar-refractivity contribution in [3.05, 3.63) is 47.7 Å². The van der Waals surface area contributed by atoms with Crippen LogP contribution in [-0.2, 0) is 0 Å². The standard InChI is InChI=1S/C21H26N6O2/c1-5-22-19(28)17-11-16(15-9-7-8-14(10-15)13(3)4)12-18-24-20(26-27(17)18)25-21(29)23-6-2/h7-13H,5-6H2,1-4H3,(H,22,28)(H2,23,25,26,29). The highest BCUT2D eigenvalue weighted by Crippen LogP contribution is 2.26. The van der Waals surface area contributed by atoms with Crippen molar-refractivity contribution in [1.82, 2.24) is 25.2 Å². The highest BCUT2D eigenvalue weighted by Gasteiger charge is 2.17. The van der Waals surface area contributed by atoms with Gasteiger partial charge in [-0.3, -0.25) is 10.1 Å². The van der Waals surface area contributed by atoms with E-state index in [9.17, 15) is 9.59 Å². The van der Waals surface area contributed by atoms with Gasteiger partial charge in [-0.2, -0.15) is 4.98 Å². The summed E-state index contributed by atoms with van der Waals surface area (Å²) in [5, 5.41) is 12.3. The summed E-state index contributed by atoms with van der Waals surface area (Å²) >= 11 is 0. The molecule has 3 rings (SSSR count). The van der Waals surface area contributed by atoms with E-state index in [0.29, 0.717) is 30.3 Å². The van der Waals surface area contributed by atoms with Crippen molar-refractivity contribution in [1.29, 1.82) is 0 Å². The Labute approximate surface area is 169 Å². The van der Waals surface area contributed by atoms with Gasteiger partial charge in [0.2, 0.25) is 0 Å².